The lowest BCUT2D eigenvalue weighted by molar-refractivity contribution is -0.777. The average Bonchev–Trinajstić information content (AvgIpc) is 3.55. The van der Waals surface area contributed by atoms with Crippen LogP contribution < -0.4 is 25.1 Å². The highest BCUT2D eigenvalue weighted by atomic mass is 19.1. The van der Waals surface area contributed by atoms with Crippen LogP contribution in [0.2, 0.25) is 0 Å². The quantitative estimate of drug-likeness (QED) is 0.172. The van der Waals surface area contributed by atoms with Crippen molar-refractivity contribution in [2.75, 3.05) is 7.11 Å². The summed E-state index contributed by atoms with van der Waals surface area (Å²) in [6.45, 7) is 1.68. The van der Waals surface area contributed by atoms with Crippen molar-refractivity contribution in [1.82, 2.24) is 25.8 Å². The highest BCUT2D eigenvalue weighted by Crippen LogP contribution is 2.48. The summed E-state index contributed by atoms with van der Waals surface area (Å²) in [6.07, 6.45) is 1.07. The molecule has 216 valence electrons. The molecule has 11 heteroatoms. The molecule has 44 heavy (non-hydrogen) atoms. The lowest BCUT2D eigenvalue weighted by Gasteiger charge is -2.33. The summed E-state index contributed by atoms with van der Waals surface area (Å²) in [5.41, 5.74) is 4.71. The number of ether oxygens (including phenoxy) is 2. The molecular weight excluding hydrogens is 563 g/mol. The molecule has 2 N–H and O–H groups in total. The third-order valence-corrected chi connectivity index (χ3v) is 8.14. The maximum Gasteiger partial charge on any atom is 0.344 e. The van der Waals surface area contributed by atoms with Gasteiger partial charge < -0.3 is 19.2 Å². The average molecular weight is 588 g/mol. The first kappa shape index (κ1) is 25.8. The number of halogens is 1. The number of allylic oxidation sites excluding steroid dienone is 1. The fourth-order valence-corrected chi connectivity index (χ4v) is 5.97. The van der Waals surface area contributed by atoms with Crippen LogP contribution in [-0.2, 0) is 0 Å². The van der Waals surface area contributed by atoms with Crippen LogP contribution in [0, 0.1) is 12.9 Å². The van der Waals surface area contributed by atoms with E-state index in [4.69, 9.17) is 13.9 Å². The van der Waals surface area contributed by atoms with Crippen molar-refractivity contribution in [3.05, 3.63) is 135 Å². The lowest BCUT2D eigenvalue weighted by atomic mass is 9.81. The topological polar surface area (TPSA) is 119 Å². The highest BCUT2D eigenvalue weighted by Gasteiger charge is 2.46. The molecule has 10 nitrogen and oxygen atoms in total. The van der Waals surface area contributed by atoms with Crippen molar-refractivity contribution in [3.63, 3.8) is 0 Å². The number of aryl methyl sites for hydroxylation is 1. The zero-order valence-corrected chi connectivity index (χ0v) is 23.5. The molecule has 0 radical (unpaired) electrons. The fourth-order valence-electron chi connectivity index (χ4n) is 5.97. The second kappa shape index (κ2) is 9.87. The van der Waals surface area contributed by atoms with Gasteiger partial charge in [0, 0.05) is 22.9 Å². The standard InChI is InChI=1S/C33H23FN6O4/c1-17-15-21(16-35-29(17)34)18-7-9-19(10-8-18)25-26-28(23-5-3-4-6-24(23)43-33(26)41)44-32-27(25)31-37-38-39-40(31)30(36-32)20-11-13-22(42-2)14-12-20/h3-16,25,30H,1-2H3,(H,36,37,39)/p+1. The number of H-pyrrole nitrogens is 1. The predicted octanol–water partition coefficient (Wildman–Crippen LogP) is 4.76. The monoisotopic (exact) mass is 587 g/mol. The number of rotatable bonds is 4. The van der Waals surface area contributed by atoms with Gasteiger partial charge in [-0.2, -0.15) is 4.39 Å². The summed E-state index contributed by atoms with van der Waals surface area (Å²) in [5.74, 6) is 0.994. The van der Waals surface area contributed by atoms with E-state index in [1.165, 1.54) is 6.20 Å². The molecule has 8 rings (SSSR count). The molecule has 0 bridgehead atoms. The number of para-hydroxylation sites is 1. The molecule has 5 heterocycles. The maximum absolute atomic E-state index is 13.8. The molecule has 0 amide bonds. The first-order valence-electron chi connectivity index (χ1n) is 13.9. The van der Waals surface area contributed by atoms with Gasteiger partial charge in [0.25, 0.3) is 0 Å². The molecule has 6 aromatic rings. The Morgan fingerprint density at radius 2 is 1.75 bits per heavy atom. The van der Waals surface area contributed by atoms with Gasteiger partial charge in [-0.1, -0.05) is 41.6 Å². The molecule has 0 spiro atoms. The van der Waals surface area contributed by atoms with Crippen molar-refractivity contribution in [1.29, 1.82) is 0 Å². The molecule has 2 unspecified atom stereocenters. The predicted molar refractivity (Wildman–Crippen MR) is 157 cm³/mol. The zero-order valence-electron chi connectivity index (χ0n) is 23.5. The van der Waals surface area contributed by atoms with E-state index in [9.17, 15) is 9.18 Å². The Morgan fingerprint density at radius 3 is 2.52 bits per heavy atom. The third kappa shape index (κ3) is 3.97. The second-order valence-electron chi connectivity index (χ2n) is 10.7. The minimum atomic E-state index is -0.614. The largest absolute Gasteiger partial charge is 0.497 e. The van der Waals surface area contributed by atoms with Gasteiger partial charge in [-0.05, 0) is 60.5 Å². The van der Waals surface area contributed by atoms with Gasteiger partial charge in [-0.15, -0.1) is 4.68 Å². The smallest absolute Gasteiger partial charge is 0.344 e. The van der Waals surface area contributed by atoms with E-state index in [0.29, 0.717) is 45.1 Å². The van der Waals surface area contributed by atoms with Crippen molar-refractivity contribution >= 4 is 16.5 Å². The van der Waals surface area contributed by atoms with E-state index in [2.05, 4.69) is 25.8 Å². The zero-order chi connectivity index (χ0) is 29.9. The van der Waals surface area contributed by atoms with E-state index in [1.54, 1.807) is 30.8 Å². The van der Waals surface area contributed by atoms with E-state index in [0.717, 1.165) is 28.0 Å². The van der Waals surface area contributed by atoms with Gasteiger partial charge in [-0.25, -0.2) is 9.78 Å². The Kier molecular flexibility index (Phi) is 5.80. The summed E-state index contributed by atoms with van der Waals surface area (Å²) in [7, 11) is 1.62. The number of hydrogen-bond donors (Lipinski definition) is 2. The summed E-state index contributed by atoms with van der Waals surface area (Å²) < 4.78 is 33.4. The summed E-state index contributed by atoms with van der Waals surface area (Å²) in [4.78, 5) is 17.6. The van der Waals surface area contributed by atoms with Crippen LogP contribution in [0.3, 0.4) is 0 Å². The summed E-state index contributed by atoms with van der Waals surface area (Å²) >= 11 is 0. The van der Waals surface area contributed by atoms with E-state index in [1.807, 2.05) is 66.7 Å². The van der Waals surface area contributed by atoms with Gasteiger partial charge in [0.1, 0.15) is 22.0 Å². The summed E-state index contributed by atoms with van der Waals surface area (Å²) in [5, 5.41) is 15.7. The van der Waals surface area contributed by atoms with Crippen LogP contribution in [0.25, 0.3) is 27.7 Å². The number of aromatic nitrogens is 5. The Balaban J connectivity index is 1.31. The van der Waals surface area contributed by atoms with Crippen LogP contribution >= 0.6 is 0 Å². The Hall–Kier alpha value is -5.84. The minimum absolute atomic E-state index is 0.355. The van der Waals surface area contributed by atoms with Crippen molar-refractivity contribution in [2.45, 2.75) is 19.0 Å². The number of pyridine rings is 1. The highest BCUT2D eigenvalue weighted by molar-refractivity contribution is 5.88. The molecule has 0 fully saturated rings. The van der Waals surface area contributed by atoms with Crippen LogP contribution in [0.1, 0.15) is 40.2 Å². The number of aromatic amines is 1. The minimum Gasteiger partial charge on any atom is -0.497 e. The van der Waals surface area contributed by atoms with E-state index in [-0.39, 0.29) is 0 Å². The Bertz CT molecular complexity index is 2170. The number of benzene rings is 3. The van der Waals surface area contributed by atoms with Gasteiger partial charge in [0.15, 0.2) is 17.1 Å². The maximum atomic E-state index is 13.8. The number of methoxy groups -OCH3 is 1. The van der Waals surface area contributed by atoms with Gasteiger partial charge >= 0.3 is 11.4 Å². The number of nitrogens with one attached hydrogen (secondary N) is 2. The lowest BCUT2D eigenvalue weighted by Crippen LogP contribution is -2.56. The van der Waals surface area contributed by atoms with Gasteiger partial charge in [-0.3, -0.25) is 0 Å². The number of nitrogens with zero attached hydrogens (tertiary/aromatic N) is 4. The fraction of sp³-hybridized carbons (Fsp3) is 0.121. The second-order valence-corrected chi connectivity index (χ2v) is 10.7. The summed E-state index contributed by atoms with van der Waals surface area (Å²) in [6, 6.07) is 24.4. The first-order valence-corrected chi connectivity index (χ1v) is 13.9. The van der Waals surface area contributed by atoms with Crippen LogP contribution in [-0.4, -0.2) is 27.6 Å². The normalized spacial score (nSPS) is 16.9. The first-order chi connectivity index (χ1) is 21.5. The molecule has 0 saturated heterocycles. The van der Waals surface area contributed by atoms with Crippen molar-refractivity contribution in [3.8, 4) is 22.6 Å². The van der Waals surface area contributed by atoms with Crippen molar-refractivity contribution < 1.29 is 23.0 Å². The molecule has 0 saturated carbocycles. The molecule has 3 aromatic carbocycles. The van der Waals surface area contributed by atoms with Gasteiger partial charge in [0.2, 0.25) is 11.8 Å². The Morgan fingerprint density at radius 1 is 0.977 bits per heavy atom. The molecule has 3 aromatic heterocycles. The van der Waals surface area contributed by atoms with E-state index < -0.39 is 23.7 Å². The van der Waals surface area contributed by atoms with Crippen LogP contribution in [0.15, 0.2) is 100 Å². The SMILES string of the molecule is COc1ccc(C2NC3=C(c4nn[nH][n+]42)C(c2ccc(-c4cnc(F)c(C)c4)cc2)c2c(c4ccccc4oc2=O)O3)cc1. The number of fused-ring (bicyclic) bond motifs is 5. The van der Waals surface area contributed by atoms with Crippen LogP contribution in [0.4, 0.5) is 4.39 Å². The molecule has 2 atom stereocenters. The molecule has 0 aliphatic carbocycles. The molecular formula is C33H24FN6O4+. The Labute approximate surface area is 249 Å². The van der Waals surface area contributed by atoms with Crippen molar-refractivity contribution in [2.24, 2.45) is 0 Å². The molecule has 2 aliphatic rings. The number of hydrogen-bond acceptors (Lipinski definition) is 8. The third-order valence-electron chi connectivity index (χ3n) is 8.14. The number of tetrazole rings is 1. The van der Waals surface area contributed by atoms with E-state index >= 15 is 0 Å². The molecule has 2 aliphatic heterocycles. The van der Waals surface area contributed by atoms with Gasteiger partial charge in [0.05, 0.1) is 24.0 Å². The van der Waals surface area contributed by atoms with Crippen LogP contribution in [0.5, 0.6) is 11.5 Å².